The molecular formula is C18H24N4O. The number of nitrogens with zero attached hydrogens (tertiary/aromatic N) is 2. The number of amides is 1. The molecule has 2 aromatic rings. The van der Waals surface area contributed by atoms with Crippen molar-refractivity contribution in [3.8, 4) is 0 Å². The van der Waals surface area contributed by atoms with Crippen LogP contribution in [0.4, 0.5) is 5.69 Å². The SMILES string of the molecule is CC(C)(C)n1cc(N[C@H](C(=O)NC2CC2)c2ccccc2)cn1. The maximum Gasteiger partial charge on any atom is 0.247 e. The van der Waals surface area contributed by atoms with E-state index in [2.05, 4.69) is 36.5 Å². The van der Waals surface area contributed by atoms with Crippen molar-refractivity contribution in [2.45, 2.75) is 51.2 Å². The minimum Gasteiger partial charge on any atom is -0.368 e. The first kappa shape index (κ1) is 15.6. The van der Waals surface area contributed by atoms with Gasteiger partial charge in [0.2, 0.25) is 5.91 Å². The Morgan fingerprint density at radius 1 is 1.26 bits per heavy atom. The minimum atomic E-state index is -0.408. The summed E-state index contributed by atoms with van der Waals surface area (Å²) in [6.07, 6.45) is 5.87. The summed E-state index contributed by atoms with van der Waals surface area (Å²) in [6, 6.07) is 9.73. The third-order valence-corrected chi connectivity index (χ3v) is 3.90. The fourth-order valence-corrected chi connectivity index (χ4v) is 2.39. The molecule has 1 aliphatic carbocycles. The topological polar surface area (TPSA) is 59.0 Å². The van der Waals surface area contributed by atoms with Crippen LogP contribution in [0.2, 0.25) is 0 Å². The van der Waals surface area contributed by atoms with Crippen LogP contribution in [0.15, 0.2) is 42.7 Å². The largest absolute Gasteiger partial charge is 0.368 e. The Morgan fingerprint density at radius 3 is 2.52 bits per heavy atom. The van der Waals surface area contributed by atoms with Gasteiger partial charge in [-0.05, 0) is 39.2 Å². The smallest absolute Gasteiger partial charge is 0.247 e. The van der Waals surface area contributed by atoms with Crippen molar-refractivity contribution in [3.05, 3.63) is 48.3 Å². The van der Waals surface area contributed by atoms with Crippen LogP contribution in [0.3, 0.4) is 0 Å². The average molecular weight is 312 g/mol. The van der Waals surface area contributed by atoms with Gasteiger partial charge in [-0.25, -0.2) is 0 Å². The Bertz CT molecular complexity index is 668. The van der Waals surface area contributed by atoms with Crippen molar-refractivity contribution in [3.63, 3.8) is 0 Å². The Labute approximate surface area is 137 Å². The number of benzene rings is 1. The normalized spacial score (nSPS) is 16.0. The van der Waals surface area contributed by atoms with E-state index in [4.69, 9.17) is 0 Å². The lowest BCUT2D eigenvalue weighted by Gasteiger charge is -2.20. The predicted molar refractivity (Wildman–Crippen MR) is 91.2 cm³/mol. The monoisotopic (exact) mass is 312 g/mol. The first-order chi connectivity index (χ1) is 10.9. The number of hydrogen-bond donors (Lipinski definition) is 2. The lowest BCUT2D eigenvalue weighted by molar-refractivity contribution is -0.122. The summed E-state index contributed by atoms with van der Waals surface area (Å²) in [5, 5.41) is 10.8. The van der Waals surface area contributed by atoms with Crippen molar-refractivity contribution >= 4 is 11.6 Å². The molecule has 1 atom stereocenters. The van der Waals surface area contributed by atoms with E-state index in [1.54, 1.807) is 6.20 Å². The van der Waals surface area contributed by atoms with Crippen LogP contribution < -0.4 is 10.6 Å². The molecule has 0 saturated heterocycles. The van der Waals surface area contributed by atoms with Gasteiger partial charge in [-0.15, -0.1) is 0 Å². The van der Waals surface area contributed by atoms with Crippen LogP contribution in [0, 0.1) is 0 Å². The third kappa shape index (κ3) is 3.92. The highest BCUT2D eigenvalue weighted by Crippen LogP contribution is 2.24. The standard InChI is InChI=1S/C18H24N4O/c1-18(2,3)22-12-15(11-19-22)20-16(13-7-5-4-6-8-13)17(23)21-14-9-10-14/h4-8,11-12,14,16,20H,9-10H2,1-3H3,(H,21,23)/t16-/m0/s1. The Hall–Kier alpha value is -2.30. The zero-order chi connectivity index (χ0) is 16.4. The lowest BCUT2D eigenvalue weighted by Crippen LogP contribution is -2.34. The molecule has 0 aliphatic heterocycles. The second-order valence-corrected chi connectivity index (χ2v) is 7.12. The summed E-state index contributed by atoms with van der Waals surface area (Å²) in [7, 11) is 0. The molecule has 3 rings (SSSR count). The summed E-state index contributed by atoms with van der Waals surface area (Å²) in [4.78, 5) is 12.6. The first-order valence-electron chi connectivity index (χ1n) is 8.10. The molecule has 122 valence electrons. The van der Waals surface area contributed by atoms with Gasteiger partial charge in [-0.2, -0.15) is 5.10 Å². The highest BCUT2D eigenvalue weighted by molar-refractivity contribution is 5.86. The Balaban J connectivity index is 1.80. The fourth-order valence-electron chi connectivity index (χ4n) is 2.39. The maximum atomic E-state index is 12.6. The third-order valence-electron chi connectivity index (χ3n) is 3.90. The predicted octanol–water partition coefficient (Wildman–Crippen LogP) is 3.07. The van der Waals surface area contributed by atoms with Crippen molar-refractivity contribution in [1.29, 1.82) is 0 Å². The molecule has 0 unspecified atom stereocenters. The van der Waals surface area contributed by atoms with Gasteiger partial charge in [-0.3, -0.25) is 9.48 Å². The summed E-state index contributed by atoms with van der Waals surface area (Å²) < 4.78 is 1.90. The van der Waals surface area contributed by atoms with E-state index >= 15 is 0 Å². The molecule has 23 heavy (non-hydrogen) atoms. The van der Waals surface area contributed by atoms with Crippen LogP contribution in [0.25, 0.3) is 0 Å². The molecule has 0 radical (unpaired) electrons. The van der Waals surface area contributed by atoms with E-state index in [1.165, 1.54) is 0 Å². The number of anilines is 1. The van der Waals surface area contributed by atoms with Crippen LogP contribution in [-0.4, -0.2) is 21.7 Å². The van der Waals surface area contributed by atoms with Crippen molar-refractivity contribution < 1.29 is 4.79 Å². The molecule has 1 aromatic heterocycles. The molecule has 5 heteroatoms. The molecular weight excluding hydrogens is 288 g/mol. The molecule has 2 N–H and O–H groups in total. The van der Waals surface area contributed by atoms with Gasteiger partial charge in [0.1, 0.15) is 6.04 Å². The minimum absolute atomic E-state index is 0.0159. The molecule has 0 bridgehead atoms. The molecule has 1 aliphatic rings. The van der Waals surface area contributed by atoms with Crippen LogP contribution in [0.1, 0.15) is 45.2 Å². The van der Waals surface area contributed by atoms with Crippen LogP contribution in [0.5, 0.6) is 0 Å². The van der Waals surface area contributed by atoms with E-state index in [0.29, 0.717) is 6.04 Å². The molecule has 0 spiro atoms. The Morgan fingerprint density at radius 2 is 1.96 bits per heavy atom. The van der Waals surface area contributed by atoms with Gasteiger partial charge < -0.3 is 10.6 Å². The fraction of sp³-hybridized carbons (Fsp3) is 0.444. The van der Waals surface area contributed by atoms with Gasteiger partial charge in [0.15, 0.2) is 0 Å². The quantitative estimate of drug-likeness (QED) is 0.892. The second kappa shape index (κ2) is 6.07. The first-order valence-corrected chi connectivity index (χ1v) is 8.10. The maximum absolute atomic E-state index is 12.6. The number of carbonyl (C=O) groups excluding carboxylic acids is 1. The van der Waals surface area contributed by atoms with E-state index in [9.17, 15) is 4.79 Å². The molecule has 1 amide bonds. The number of rotatable bonds is 5. The van der Waals surface area contributed by atoms with Crippen LogP contribution in [-0.2, 0) is 10.3 Å². The van der Waals surface area contributed by atoms with E-state index in [1.807, 2.05) is 41.2 Å². The van der Waals surface area contributed by atoms with Crippen molar-refractivity contribution in [2.75, 3.05) is 5.32 Å². The number of aromatic nitrogens is 2. The molecule has 1 saturated carbocycles. The number of carbonyl (C=O) groups is 1. The summed E-state index contributed by atoms with van der Waals surface area (Å²) >= 11 is 0. The number of nitrogens with one attached hydrogen (secondary N) is 2. The van der Waals surface area contributed by atoms with Crippen molar-refractivity contribution in [1.82, 2.24) is 15.1 Å². The zero-order valence-electron chi connectivity index (χ0n) is 13.9. The van der Waals surface area contributed by atoms with Gasteiger partial charge in [0.05, 0.1) is 17.4 Å². The zero-order valence-corrected chi connectivity index (χ0v) is 13.9. The van der Waals surface area contributed by atoms with Gasteiger partial charge in [-0.1, -0.05) is 30.3 Å². The lowest BCUT2D eigenvalue weighted by atomic mass is 10.1. The second-order valence-electron chi connectivity index (χ2n) is 7.12. The van der Waals surface area contributed by atoms with E-state index in [-0.39, 0.29) is 11.4 Å². The highest BCUT2D eigenvalue weighted by atomic mass is 16.2. The molecule has 1 aromatic carbocycles. The van der Waals surface area contributed by atoms with Gasteiger partial charge in [0.25, 0.3) is 0 Å². The molecule has 1 fully saturated rings. The van der Waals surface area contributed by atoms with Gasteiger partial charge in [0, 0.05) is 12.2 Å². The van der Waals surface area contributed by atoms with Crippen molar-refractivity contribution in [2.24, 2.45) is 0 Å². The highest BCUT2D eigenvalue weighted by Gasteiger charge is 2.28. The summed E-state index contributed by atoms with van der Waals surface area (Å²) in [5.41, 5.74) is 1.72. The molecule has 1 heterocycles. The Kier molecular flexibility index (Phi) is 4.11. The molecule has 5 nitrogen and oxygen atoms in total. The van der Waals surface area contributed by atoms with Gasteiger partial charge >= 0.3 is 0 Å². The van der Waals surface area contributed by atoms with E-state index < -0.39 is 6.04 Å². The van der Waals surface area contributed by atoms with E-state index in [0.717, 1.165) is 24.1 Å². The summed E-state index contributed by atoms with van der Waals surface area (Å²) in [5.74, 6) is 0.0159. The summed E-state index contributed by atoms with van der Waals surface area (Å²) in [6.45, 7) is 6.29. The average Bonchev–Trinajstić information content (AvgIpc) is 3.18. The van der Waals surface area contributed by atoms with Crippen LogP contribution >= 0.6 is 0 Å². The number of hydrogen-bond acceptors (Lipinski definition) is 3.